The van der Waals surface area contributed by atoms with Crippen LogP contribution in [-0.4, -0.2) is 19.8 Å². The Labute approximate surface area is 144 Å². The first-order valence-electron chi connectivity index (χ1n) is 8.66. The SMILES string of the molecule is Cc1ccc(OCCCCOCCCC[n+]2ccccc2)c(F)c1. The highest BCUT2D eigenvalue weighted by atomic mass is 19.1. The molecule has 0 N–H and O–H groups in total. The van der Waals surface area contributed by atoms with E-state index in [1.807, 2.05) is 31.2 Å². The Bertz CT molecular complexity index is 589. The number of nitrogens with zero attached hydrogens (tertiary/aromatic N) is 1. The highest BCUT2D eigenvalue weighted by Crippen LogP contribution is 2.18. The van der Waals surface area contributed by atoms with Crippen LogP contribution in [0.3, 0.4) is 0 Å². The Morgan fingerprint density at radius 2 is 1.62 bits per heavy atom. The van der Waals surface area contributed by atoms with Gasteiger partial charge >= 0.3 is 0 Å². The van der Waals surface area contributed by atoms with Gasteiger partial charge in [0.1, 0.15) is 6.54 Å². The molecule has 0 unspecified atom stereocenters. The summed E-state index contributed by atoms with van der Waals surface area (Å²) in [5, 5.41) is 0. The molecule has 4 heteroatoms. The molecule has 24 heavy (non-hydrogen) atoms. The lowest BCUT2D eigenvalue weighted by Crippen LogP contribution is -2.32. The number of hydrogen-bond donors (Lipinski definition) is 0. The number of halogens is 1. The van der Waals surface area contributed by atoms with Crippen LogP contribution in [-0.2, 0) is 11.3 Å². The molecule has 0 bridgehead atoms. The molecule has 0 aliphatic rings. The van der Waals surface area contributed by atoms with E-state index >= 15 is 0 Å². The van der Waals surface area contributed by atoms with Gasteiger partial charge in [-0.1, -0.05) is 12.1 Å². The lowest BCUT2D eigenvalue weighted by molar-refractivity contribution is -0.697. The second kappa shape index (κ2) is 10.8. The van der Waals surface area contributed by atoms with Gasteiger partial charge in [0.25, 0.3) is 0 Å². The predicted octanol–water partition coefficient (Wildman–Crippen LogP) is 4.08. The van der Waals surface area contributed by atoms with Gasteiger partial charge in [-0.05, 0) is 43.9 Å². The molecule has 0 spiro atoms. The molecule has 1 aromatic heterocycles. The topological polar surface area (TPSA) is 22.3 Å². The molecular weight excluding hydrogens is 305 g/mol. The maximum Gasteiger partial charge on any atom is 0.168 e. The molecule has 130 valence electrons. The number of aromatic nitrogens is 1. The molecule has 2 rings (SSSR count). The fourth-order valence-electron chi connectivity index (χ4n) is 2.40. The van der Waals surface area contributed by atoms with E-state index in [1.165, 1.54) is 6.07 Å². The summed E-state index contributed by atoms with van der Waals surface area (Å²) in [6.07, 6.45) is 8.14. The second-order valence-corrected chi connectivity index (χ2v) is 5.92. The standard InChI is InChI=1S/C20H27FNO2/c1-18-9-10-20(19(21)17-18)24-16-8-7-15-23-14-6-5-13-22-11-3-2-4-12-22/h2-4,9-12,17H,5-8,13-16H2,1H3/q+1. The molecule has 0 saturated carbocycles. The molecule has 0 amide bonds. The predicted molar refractivity (Wildman–Crippen MR) is 92.6 cm³/mol. The molecule has 0 fully saturated rings. The summed E-state index contributed by atoms with van der Waals surface area (Å²) in [4.78, 5) is 0. The van der Waals surface area contributed by atoms with E-state index in [1.54, 1.807) is 6.07 Å². The minimum atomic E-state index is -0.289. The van der Waals surface area contributed by atoms with E-state index in [4.69, 9.17) is 9.47 Å². The van der Waals surface area contributed by atoms with Gasteiger partial charge in [-0.3, -0.25) is 0 Å². The summed E-state index contributed by atoms with van der Waals surface area (Å²) >= 11 is 0. The number of rotatable bonds is 11. The smallest absolute Gasteiger partial charge is 0.168 e. The third-order valence-corrected chi connectivity index (χ3v) is 3.76. The molecule has 0 aliphatic heterocycles. The van der Waals surface area contributed by atoms with Crippen molar-refractivity contribution >= 4 is 0 Å². The summed E-state index contributed by atoms with van der Waals surface area (Å²) in [6, 6.07) is 11.1. The number of hydrogen-bond acceptors (Lipinski definition) is 2. The van der Waals surface area contributed by atoms with Crippen molar-refractivity contribution in [3.05, 3.63) is 60.2 Å². The zero-order valence-corrected chi connectivity index (χ0v) is 14.4. The summed E-state index contributed by atoms with van der Waals surface area (Å²) in [5.41, 5.74) is 0.902. The largest absolute Gasteiger partial charge is 0.491 e. The second-order valence-electron chi connectivity index (χ2n) is 5.92. The molecular formula is C20H27FNO2+. The minimum Gasteiger partial charge on any atom is -0.491 e. The number of unbranched alkanes of at least 4 members (excludes halogenated alkanes) is 2. The zero-order chi connectivity index (χ0) is 17.0. The van der Waals surface area contributed by atoms with Gasteiger partial charge in [-0.15, -0.1) is 0 Å². The van der Waals surface area contributed by atoms with Gasteiger partial charge in [0.05, 0.1) is 6.61 Å². The highest BCUT2D eigenvalue weighted by Gasteiger charge is 2.03. The van der Waals surface area contributed by atoms with E-state index in [0.29, 0.717) is 12.4 Å². The zero-order valence-electron chi connectivity index (χ0n) is 14.4. The van der Waals surface area contributed by atoms with Gasteiger partial charge in [-0.25, -0.2) is 8.96 Å². The van der Waals surface area contributed by atoms with Crippen molar-refractivity contribution < 1.29 is 18.4 Å². The summed E-state index contributed by atoms with van der Waals surface area (Å²) < 4.78 is 26.8. The van der Waals surface area contributed by atoms with Crippen LogP contribution in [0.4, 0.5) is 4.39 Å². The normalized spacial score (nSPS) is 10.8. The Kier molecular flexibility index (Phi) is 8.25. The van der Waals surface area contributed by atoms with Crippen molar-refractivity contribution in [2.45, 2.75) is 39.2 Å². The first-order valence-corrected chi connectivity index (χ1v) is 8.66. The monoisotopic (exact) mass is 332 g/mol. The van der Waals surface area contributed by atoms with Gasteiger partial charge < -0.3 is 9.47 Å². The Morgan fingerprint density at radius 1 is 0.917 bits per heavy atom. The highest BCUT2D eigenvalue weighted by molar-refractivity contribution is 5.28. The average Bonchev–Trinajstić information content (AvgIpc) is 2.59. The fourth-order valence-corrected chi connectivity index (χ4v) is 2.40. The maximum absolute atomic E-state index is 13.6. The fraction of sp³-hybridized carbons (Fsp3) is 0.450. The Morgan fingerprint density at radius 3 is 2.38 bits per heavy atom. The van der Waals surface area contributed by atoms with Crippen LogP contribution in [0.25, 0.3) is 0 Å². The van der Waals surface area contributed by atoms with E-state index in [2.05, 4.69) is 17.0 Å². The lowest BCUT2D eigenvalue weighted by atomic mass is 10.2. The van der Waals surface area contributed by atoms with E-state index in [-0.39, 0.29) is 5.82 Å². The lowest BCUT2D eigenvalue weighted by Gasteiger charge is -2.08. The third kappa shape index (κ3) is 7.09. The van der Waals surface area contributed by atoms with Crippen molar-refractivity contribution in [2.24, 2.45) is 0 Å². The summed E-state index contributed by atoms with van der Waals surface area (Å²) in [7, 11) is 0. The van der Waals surface area contributed by atoms with Gasteiger partial charge in [-0.2, -0.15) is 0 Å². The Hall–Kier alpha value is -1.94. The average molecular weight is 332 g/mol. The van der Waals surface area contributed by atoms with Crippen LogP contribution in [0, 0.1) is 12.7 Å². The summed E-state index contributed by atoms with van der Waals surface area (Å²) in [6.45, 7) is 4.94. The van der Waals surface area contributed by atoms with Crippen LogP contribution in [0.1, 0.15) is 31.2 Å². The van der Waals surface area contributed by atoms with E-state index in [0.717, 1.165) is 51.0 Å². The van der Waals surface area contributed by atoms with Gasteiger partial charge in [0, 0.05) is 31.8 Å². The number of pyridine rings is 1. The van der Waals surface area contributed by atoms with Crippen LogP contribution in [0.5, 0.6) is 5.75 Å². The van der Waals surface area contributed by atoms with Crippen LogP contribution >= 0.6 is 0 Å². The number of aryl methyl sites for hydroxylation is 2. The van der Waals surface area contributed by atoms with Crippen LogP contribution < -0.4 is 9.30 Å². The molecule has 0 saturated heterocycles. The van der Waals surface area contributed by atoms with Crippen LogP contribution in [0.2, 0.25) is 0 Å². The van der Waals surface area contributed by atoms with Crippen molar-refractivity contribution in [2.75, 3.05) is 19.8 Å². The van der Waals surface area contributed by atoms with Gasteiger partial charge in [0.15, 0.2) is 24.0 Å². The van der Waals surface area contributed by atoms with Crippen molar-refractivity contribution in [1.82, 2.24) is 0 Å². The molecule has 2 aromatic rings. The van der Waals surface area contributed by atoms with Crippen LogP contribution in [0.15, 0.2) is 48.8 Å². The molecule has 1 aromatic carbocycles. The minimum absolute atomic E-state index is 0.289. The molecule has 0 radical (unpaired) electrons. The molecule has 1 heterocycles. The van der Waals surface area contributed by atoms with Crippen molar-refractivity contribution in [1.29, 1.82) is 0 Å². The number of ether oxygens (including phenoxy) is 2. The summed E-state index contributed by atoms with van der Waals surface area (Å²) in [5.74, 6) is 0.0440. The van der Waals surface area contributed by atoms with Crippen molar-refractivity contribution in [3.63, 3.8) is 0 Å². The Balaban J connectivity index is 1.43. The van der Waals surface area contributed by atoms with E-state index < -0.39 is 0 Å². The molecule has 3 nitrogen and oxygen atoms in total. The van der Waals surface area contributed by atoms with Gasteiger partial charge in [0.2, 0.25) is 0 Å². The number of benzene rings is 1. The first-order chi connectivity index (χ1) is 11.8. The quantitative estimate of drug-likeness (QED) is 0.457. The van der Waals surface area contributed by atoms with E-state index in [9.17, 15) is 4.39 Å². The first kappa shape index (κ1) is 18.4. The molecule has 0 atom stereocenters. The molecule has 0 aliphatic carbocycles. The maximum atomic E-state index is 13.6. The van der Waals surface area contributed by atoms with Crippen molar-refractivity contribution in [3.8, 4) is 5.75 Å². The third-order valence-electron chi connectivity index (χ3n) is 3.76.